The zero-order chi connectivity index (χ0) is 23.0. The van der Waals surface area contributed by atoms with Crippen LogP contribution in [-0.2, 0) is 21.4 Å². The molecule has 0 radical (unpaired) electrons. The van der Waals surface area contributed by atoms with Crippen LogP contribution in [0.3, 0.4) is 0 Å². The van der Waals surface area contributed by atoms with Crippen molar-refractivity contribution < 1.29 is 26.8 Å². The molecule has 2 rings (SSSR count). The van der Waals surface area contributed by atoms with E-state index in [9.17, 15) is 26.8 Å². The van der Waals surface area contributed by atoms with Crippen molar-refractivity contribution >= 4 is 21.8 Å². The first-order valence-electron chi connectivity index (χ1n) is 9.34. The highest BCUT2D eigenvalue weighted by Gasteiger charge is 2.20. The van der Waals surface area contributed by atoms with Gasteiger partial charge in [0.25, 0.3) is 5.91 Å². The number of halogens is 2. The van der Waals surface area contributed by atoms with Gasteiger partial charge in [-0.05, 0) is 54.5 Å². The van der Waals surface area contributed by atoms with E-state index in [1.54, 1.807) is 0 Å². The average Bonchev–Trinajstić information content (AvgIpc) is 2.76. The van der Waals surface area contributed by atoms with Gasteiger partial charge < -0.3 is 10.6 Å². The van der Waals surface area contributed by atoms with Gasteiger partial charge in [-0.2, -0.15) is 0 Å². The smallest absolute Gasteiger partial charge is 0.251 e. The largest absolute Gasteiger partial charge is 0.353 e. The summed E-state index contributed by atoms with van der Waals surface area (Å²) in [7, 11) is -2.34. The van der Waals surface area contributed by atoms with E-state index < -0.39 is 27.6 Å². The maximum Gasteiger partial charge on any atom is 0.251 e. The minimum Gasteiger partial charge on any atom is -0.353 e. The maximum absolute atomic E-state index is 13.2. The van der Waals surface area contributed by atoms with E-state index in [4.69, 9.17) is 0 Å². The van der Waals surface area contributed by atoms with Gasteiger partial charge in [-0.1, -0.05) is 12.6 Å². The molecular weight excluding hydrogens is 428 g/mol. The van der Waals surface area contributed by atoms with Gasteiger partial charge in [-0.15, -0.1) is 0 Å². The maximum atomic E-state index is 13.2. The Kier molecular flexibility index (Phi) is 8.40. The van der Waals surface area contributed by atoms with Gasteiger partial charge in [-0.3, -0.25) is 9.59 Å². The molecule has 0 aliphatic heterocycles. The van der Waals surface area contributed by atoms with Gasteiger partial charge in [0.2, 0.25) is 15.9 Å². The lowest BCUT2D eigenvalue weighted by molar-refractivity contribution is -0.116. The molecule has 0 saturated heterocycles. The summed E-state index contributed by atoms with van der Waals surface area (Å²) >= 11 is 0. The van der Waals surface area contributed by atoms with Gasteiger partial charge in [0.05, 0.1) is 4.90 Å². The highest BCUT2D eigenvalue weighted by molar-refractivity contribution is 7.89. The number of sulfonamides is 1. The fourth-order valence-electron chi connectivity index (χ4n) is 2.60. The molecule has 10 heteroatoms. The van der Waals surface area contributed by atoms with Crippen molar-refractivity contribution in [2.75, 3.05) is 20.1 Å². The van der Waals surface area contributed by atoms with Crippen LogP contribution in [0.2, 0.25) is 0 Å². The monoisotopic (exact) mass is 451 g/mol. The number of hydrogen-bond donors (Lipinski definition) is 2. The third kappa shape index (κ3) is 6.69. The van der Waals surface area contributed by atoms with Crippen LogP contribution in [0.5, 0.6) is 0 Å². The number of amides is 2. The molecule has 2 aromatic carbocycles. The minimum absolute atomic E-state index is 0.0127. The number of benzene rings is 2. The van der Waals surface area contributed by atoms with Gasteiger partial charge >= 0.3 is 0 Å². The molecule has 0 heterocycles. The molecule has 7 nitrogen and oxygen atoms in total. The second-order valence-corrected chi connectivity index (χ2v) is 8.68. The van der Waals surface area contributed by atoms with Crippen molar-refractivity contribution in [1.29, 1.82) is 0 Å². The van der Waals surface area contributed by atoms with Crippen molar-refractivity contribution in [2.24, 2.45) is 0 Å². The van der Waals surface area contributed by atoms with E-state index in [1.165, 1.54) is 37.4 Å². The Morgan fingerprint density at radius 3 is 2.35 bits per heavy atom. The first kappa shape index (κ1) is 24.2. The molecule has 2 amide bonds. The summed E-state index contributed by atoms with van der Waals surface area (Å²) in [5.41, 5.74) is 0.605. The van der Waals surface area contributed by atoms with Crippen LogP contribution in [0.4, 0.5) is 8.78 Å². The molecule has 0 atom stereocenters. The topological polar surface area (TPSA) is 95.6 Å². The summed E-state index contributed by atoms with van der Waals surface area (Å²) in [6.07, 6.45) is 1.55. The number of nitrogens with zero attached hydrogens (tertiary/aromatic N) is 1. The molecule has 31 heavy (non-hydrogen) atoms. The molecule has 2 aromatic rings. The lowest BCUT2D eigenvalue weighted by Crippen LogP contribution is -2.31. The van der Waals surface area contributed by atoms with Crippen molar-refractivity contribution in [3.8, 4) is 0 Å². The second-order valence-electron chi connectivity index (χ2n) is 6.63. The summed E-state index contributed by atoms with van der Waals surface area (Å²) in [4.78, 5) is 23.3. The quantitative estimate of drug-likeness (QED) is 0.428. The average molecular weight is 451 g/mol. The predicted octanol–water partition coefficient (Wildman–Crippen LogP) is 2.21. The molecule has 0 bridgehead atoms. The number of hydrogen-bond acceptors (Lipinski definition) is 4. The van der Waals surface area contributed by atoms with Gasteiger partial charge in [0.1, 0.15) is 0 Å². The van der Waals surface area contributed by atoms with Gasteiger partial charge in [0.15, 0.2) is 11.6 Å². The van der Waals surface area contributed by atoms with Crippen LogP contribution in [0.25, 0.3) is 0 Å². The number of rotatable bonds is 10. The number of carbonyl (C=O) groups excluding carboxylic acids is 2. The SMILES string of the molecule is C=CC(=O)NCCCN(C)S(=O)(=O)c1ccc(C(=O)NCc2ccc(F)c(F)c2)cc1. The molecular formula is C21H23F2N3O4S. The molecule has 0 aromatic heterocycles. The fraction of sp³-hybridized carbons (Fsp3) is 0.238. The fourth-order valence-corrected chi connectivity index (χ4v) is 3.81. The Balaban J connectivity index is 1.94. The molecule has 2 N–H and O–H groups in total. The number of nitrogens with one attached hydrogen (secondary N) is 2. The van der Waals surface area contributed by atoms with E-state index in [1.807, 2.05) is 0 Å². The normalized spacial score (nSPS) is 11.2. The van der Waals surface area contributed by atoms with Gasteiger partial charge in [-0.25, -0.2) is 21.5 Å². The lowest BCUT2D eigenvalue weighted by atomic mass is 10.2. The third-order valence-electron chi connectivity index (χ3n) is 4.40. The Morgan fingerprint density at radius 1 is 1.06 bits per heavy atom. The third-order valence-corrected chi connectivity index (χ3v) is 6.27. The Morgan fingerprint density at radius 2 is 1.74 bits per heavy atom. The lowest BCUT2D eigenvalue weighted by Gasteiger charge is -2.17. The summed E-state index contributed by atoms with van der Waals surface area (Å²) in [5.74, 6) is -2.80. The van der Waals surface area contributed by atoms with Crippen LogP contribution < -0.4 is 10.6 Å². The van der Waals surface area contributed by atoms with Crippen molar-refractivity contribution in [3.05, 3.63) is 77.9 Å². The highest BCUT2D eigenvalue weighted by Crippen LogP contribution is 2.16. The van der Waals surface area contributed by atoms with Crippen LogP contribution in [0.15, 0.2) is 60.0 Å². The van der Waals surface area contributed by atoms with Crippen LogP contribution in [-0.4, -0.2) is 44.7 Å². The Labute approximate surface area is 179 Å². The molecule has 0 aliphatic carbocycles. The van der Waals surface area contributed by atoms with E-state index >= 15 is 0 Å². The van der Waals surface area contributed by atoms with E-state index in [2.05, 4.69) is 17.2 Å². The first-order chi connectivity index (χ1) is 14.6. The minimum atomic E-state index is -3.76. The van der Waals surface area contributed by atoms with Gasteiger partial charge in [0, 0.05) is 32.2 Å². The van der Waals surface area contributed by atoms with Crippen molar-refractivity contribution in [3.63, 3.8) is 0 Å². The molecule has 0 unspecified atom stereocenters. The summed E-state index contributed by atoms with van der Waals surface area (Å²) in [6.45, 7) is 3.82. The molecule has 0 spiro atoms. The first-order valence-corrected chi connectivity index (χ1v) is 10.8. The molecule has 0 aliphatic rings. The second kappa shape index (κ2) is 10.8. The number of carbonyl (C=O) groups is 2. The molecule has 0 saturated carbocycles. The highest BCUT2D eigenvalue weighted by atomic mass is 32.2. The Bertz CT molecular complexity index is 1060. The zero-order valence-corrected chi connectivity index (χ0v) is 17.7. The van der Waals surface area contributed by atoms with Crippen molar-refractivity contribution in [1.82, 2.24) is 14.9 Å². The standard InChI is InChI=1S/C21H23F2N3O4S/c1-3-20(27)24-11-4-12-26(2)31(29,30)17-8-6-16(7-9-17)21(28)25-14-15-5-10-18(22)19(23)13-15/h3,5-10,13H,1,4,11-12,14H2,2H3,(H,24,27)(H,25,28). The van der Waals surface area contributed by atoms with E-state index in [0.717, 1.165) is 22.5 Å². The molecule has 0 fully saturated rings. The van der Waals surface area contributed by atoms with Crippen LogP contribution in [0.1, 0.15) is 22.3 Å². The summed E-state index contributed by atoms with van der Waals surface area (Å²) < 4.78 is 52.6. The van der Waals surface area contributed by atoms with E-state index in [0.29, 0.717) is 18.5 Å². The zero-order valence-electron chi connectivity index (χ0n) is 16.9. The molecule has 166 valence electrons. The van der Waals surface area contributed by atoms with E-state index in [-0.39, 0.29) is 29.5 Å². The van der Waals surface area contributed by atoms with Crippen LogP contribution >= 0.6 is 0 Å². The summed E-state index contributed by atoms with van der Waals surface area (Å²) in [5, 5.41) is 5.13. The summed E-state index contributed by atoms with van der Waals surface area (Å²) in [6, 6.07) is 8.68. The predicted molar refractivity (Wildman–Crippen MR) is 112 cm³/mol. The Hall–Kier alpha value is -3.11. The van der Waals surface area contributed by atoms with Crippen molar-refractivity contribution in [2.45, 2.75) is 17.9 Å². The van der Waals surface area contributed by atoms with Crippen LogP contribution in [0, 0.1) is 11.6 Å².